The van der Waals surface area contributed by atoms with Gasteiger partial charge in [0.25, 0.3) is 0 Å². The first kappa shape index (κ1) is 33.0. The highest BCUT2D eigenvalue weighted by Gasteiger charge is 2.47. The maximum absolute atomic E-state index is 11.7. The fraction of sp³-hybridized carbons (Fsp3) is 0.636. The number of likely N-dealkylation sites (N-methyl/N-ethyl adjacent to an activating group) is 1. The fourth-order valence-electron chi connectivity index (χ4n) is 3.46. The average molecular weight is 561 g/mol. The molecule has 38 heavy (non-hydrogen) atoms. The molecule has 0 radical (unpaired) electrons. The van der Waals surface area contributed by atoms with Crippen molar-refractivity contribution in [1.29, 1.82) is 0 Å². The number of carbonyl (C=O) groups excluding carboxylic acids is 1. The Morgan fingerprint density at radius 2 is 1.63 bits per heavy atom. The zero-order valence-electron chi connectivity index (χ0n) is 20.8. The molecule has 2 aliphatic heterocycles. The first-order valence-corrected chi connectivity index (χ1v) is 11.1. The number of halogens is 6. The number of pyridine rings is 1. The smallest absolute Gasteiger partial charge is 0.475 e. The molecule has 1 aromatic rings. The summed E-state index contributed by atoms with van der Waals surface area (Å²) in [4.78, 5) is 37.9. The summed E-state index contributed by atoms with van der Waals surface area (Å²) in [6.07, 6.45) is -8.32. The van der Waals surface area contributed by atoms with Gasteiger partial charge in [-0.15, -0.1) is 0 Å². The Hall–Kier alpha value is -2.98. The molecular weight excluding hydrogens is 532 g/mol. The Labute approximate surface area is 214 Å². The lowest BCUT2D eigenvalue weighted by atomic mass is 9.84. The molecule has 2 saturated heterocycles. The molecule has 10 nitrogen and oxygen atoms in total. The van der Waals surface area contributed by atoms with Crippen molar-refractivity contribution in [2.75, 3.05) is 40.4 Å². The third-order valence-corrected chi connectivity index (χ3v) is 5.23. The maximum atomic E-state index is 11.7. The highest BCUT2D eigenvalue weighted by Crippen LogP contribution is 2.36. The number of carboxylic acid groups (broad SMARTS) is 2. The molecule has 1 aromatic heterocycles. The van der Waals surface area contributed by atoms with Crippen molar-refractivity contribution < 1.29 is 60.4 Å². The summed E-state index contributed by atoms with van der Waals surface area (Å²) < 4.78 is 75.3. The van der Waals surface area contributed by atoms with Gasteiger partial charge in [-0.3, -0.25) is 14.7 Å². The van der Waals surface area contributed by atoms with Gasteiger partial charge in [0.1, 0.15) is 6.61 Å². The van der Waals surface area contributed by atoms with E-state index in [1.165, 1.54) is 0 Å². The Morgan fingerprint density at radius 3 is 2.08 bits per heavy atom. The number of carbonyl (C=O) groups is 3. The first-order chi connectivity index (χ1) is 17.3. The van der Waals surface area contributed by atoms with E-state index in [0.29, 0.717) is 6.61 Å². The van der Waals surface area contributed by atoms with E-state index in [1.807, 2.05) is 13.0 Å². The van der Waals surface area contributed by atoms with E-state index in [4.69, 9.17) is 29.3 Å². The Kier molecular flexibility index (Phi) is 11.9. The fourth-order valence-corrected chi connectivity index (χ4v) is 3.46. The van der Waals surface area contributed by atoms with Crippen molar-refractivity contribution in [3.05, 3.63) is 29.6 Å². The summed E-state index contributed by atoms with van der Waals surface area (Å²) >= 11 is 0. The van der Waals surface area contributed by atoms with Crippen LogP contribution in [0, 0.1) is 6.92 Å². The lowest BCUT2D eigenvalue weighted by molar-refractivity contribution is -0.200. The third kappa shape index (κ3) is 11.6. The van der Waals surface area contributed by atoms with Gasteiger partial charge in [-0.1, -0.05) is 6.07 Å². The monoisotopic (exact) mass is 561 g/mol. The largest absolute Gasteiger partial charge is 0.490 e. The molecule has 1 unspecified atom stereocenters. The third-order valence-electron chi connectivity index (χ3n) is 5.23. The standard InChI is InChI=1S/C18H27N3O3.2C2HF3O2/c1-14-5-4-6-15(19-14)10-21-12-18(13-21)9-16(7-8-24-18)23-11-17(22)20(2)3;2*3-2(4,5)1(6)7/h4-6,16H,7-13H2,1-3H3;2*(H,6,7). The van der Waals surface area contributed by atoms with Crippen LogP contribution in [0.1, 0.15) is 24.2 Å². The summed E-state index contributed by atoms with van der Waals surface area (Å²) in [6, 6.07) is 6.14. The van der Waals surface area contributed by atoms with Crippen molar-refractivity contribution in [3.8, 4) is 0 Å². The van der Waals surface area contributed by atoms with Crippen molar-refractivity contribution in [1.82, 2.24) is 14.8 Å². The molecule has 3 heterocycles. The molecule has 16 heteroatoms. The number of rotatable bonds is 5. The lowest BCUT2D eigenvalue weighted by Gasteiger charge is -2.53. The summed E-state index contributed by atoms with van der Waals surface area (Å²) in [7, 11) is 3.50. The van der Waals surface area contributed by atoms with Gasteiger partial charge in [-0.2, -0.15) is 26.3 Å². The summed E-state index contributed by atoms with van der Waals surface area (Å²) in [5.41, 5.74) is 2.05. The van der Waals surface area contributed by atoms with Crippen LogP contribution in [-0.2, 0) is 30.4 Å². The van der Waals surface area contributed by atoms with Crippen LogP contribution in [0.3, 0.4) is 0 Å². The molecule has 3 rings (SSSR count). The summed E-state index contributed by atoms with van der Waals surface area (Å²) in [6.45, 7) is 5.55. The van der Waals surface area contributed by atoms with Gasteiger partial charge < -0.3 is 24.6 Å². The molecule has 0 aliphatic carbocycles. The molecule has 0 saturated carbocycles. The molecule has 1 spiro atoms. The van der Waals surface area contributed by atoms with Gasteiger partial charge in [0.15, 0.2) is 0 Å². The SMILES string of the molecule is Cc1cccc(CN2CC3(CC(OCC(=O)N(C)C)CCO3)C2)n1.O=C(O)C(F)(F)F.O=C(O)C(F)(F)F. The van der Waals surface area contributed by atoms with E-state index in [1.54, 1.807) is 19.0 Å². The second kappa shape index (κ2) is 13.7. The van der Waals surface area contributed by atoms with Crippen molar-refractivity contribution in [2.45, 2.75) is 50.4 Å². The van der Waals surface area contributed by atoms with Gasteiger partial charge in [-0.05, 0) is 25.5 Å². The van der Waals surface area contributed by atoms with Crippen LogP contribution < -0.4 is 0 Å². The zero-order chi connectivity index (χ0) is 29.3. The Balaban J connectivity index is 0.000000426. The van der Waals surface area contributed by atoms with E-state index in [9.17, 15) is 31.1 Å². The molecule has 2 fully saturated rings. The van der Waals surface area contributed by atoms with Crippen LogP contribution in [0.15, 0.2) is 18.2 Å². The zero-order valence-corrected chi connectivity index (χ0v) is 20.8. The number of nitrogens with zero attached hydrogens (tertiary/aromatic N) is 3. The van der Waals surface area contributed by atoms with Crippen LogP contribution in [0.25, 0.3) is 0 Å². The molecular formula is C22H29F6N3O7. The van der Waals surface area contributed by atoms with Crippen LogP contribution in [0.2, 0.25) is 0 Å². The number of ether oxygens (including phenoxy) is 2. The van der Waals surface area contributed by atoms with Gasteiger partial charge in [0, 0.05) is 52.5 Å². The number of amides is 1. The number of alkyl halides is 6. The van der Waals surface area contributed by atoms with Crippen LogP contribution in [-0.4, -0.2) is 107 Å². The average Bonchev–Trinajstić information content (AvgIpc) is 2.76. The van der Waals surface area contributed by atoms with Gasteiger partial charge in [-0.25, -0.2) is 9.59 Å². The van der Waals surface area contributed by atoms with E-state index in [0.717, 1.165) is 43.9 Å². The number of aliphatic carboxylic acids is 2. The van der Waals surface area contributed by atoms with E-state index < -0.39 is 24.3 Å². The molecule has 0 bridgehead atoms. The van der Waals surface area contributed by atoms with Gasteiger partial charge >= 0.3 is 24.3 Å². The second-order valence-electron chi connectivity index (χ2n) is 8.77. The molecule has 1 amide bonds. The van der Waals surface area contributed by atoms with Crippen LogP contribution in [0.4, 0.5) is 26.3 Å². The van der Waals surface area contributed by atoms with Gasteiger partial charge in [0.05, 0.1) is 17.4 Å². The predicted molar refractivity (Wildman–Crippen MR) is 118 cm³/mol. The Morgan fingerprint density at radius 1 is 1.11 bits per heavy atom. The topological polar surface area (TPSA) is 130 Å². The minimum absolute atomic E-state index is 0.0105. The van der Waals surface area contributed by atoms with Gasteiger partial charge in [0.2, 0.25) is 5.91 Å². The van der Waals surface area contributed by atoms with E-state index >= 15 is 0 Å². The Bertz CT molecular complexity index is 926. The van der Waals surface area contributed by atoms with Crippen molar-refractivity contribution in [2.24, 2.45) is 0 Å². The van der Waals surface area contributed by atoms with Crippen molar-refractivity contribution >= 4 is 17.8 Å². The minimum atomic E-state index is -5.08. The van der Waals surface area contributed by atoms with Crippen LogP contribution >= 0.6 is 0 Å². The van der Waals surface area contributed by atoms with Crippen molar-refractivity contribution in [3.63, 3.8) is 0 Å². The highest BCUT2D eigenvalue weighted by atomic mass is 19.4. The molecule has 2 N–H and O–H groups in total. The maximum Gasteiger partial charge on any atom is 0.490 e. The number of hydrogen-bond donors (Lipinski definition) is 2. The van der Waals surface area contributed by atoms with E-state index in [-0.39, 0.29) is 24.2 Å². The number of aromatic nitrogens is 1. The van der Waals surface area contributed by atoms with E-state index in [2.05, 4.69) is 22.0 Å². The first-order valence-electron chi connectivity index (χ1n) is 11.1. The normalized spacial score (nSPS) is 18.7. The summed E-state index contributed by atoms with van der Waals surface area (Å²) in [5, 5.41) is 14.2. The predicted octanol–water partition coefficient (Wildman–Crippen LogP) is 2.49. The number of likely N-dealkylation sites (tertiary alicyclic amines) is 1. The molecule has 2 aliphatic rings. The quantitative estimate of drug-likeness (QED) is 0.521. The number of hydrogen-bond acceptors (Lipinski definition) is 7. The highest BCUT2D eigenvalue weighted by molar-refractivity contribution is 5.76. The molecule has 216 valence electrons. The number of carboxylic acids is 2. The summed E-state index contributed by atoms with van der Waals surface area (Å²) in [5.74, 6) is -5.50. The number of aryl methyl sites for hydroxylation is 1. The lowest BCUT2D eigenvalue weighted by Crippen LogP contribution is -2.65. The second-order valence-corrected chi connectivity index (χ2v) is 8.77. The minimum Gasteiger partial charge on any atom is -0.475 e. The molecule has 1 atom stereocenters. The molecule has 0 aromatic carbocycles. The van der Waals surface area contributed by atoms with Crippen LogP contribution in [0.5, 0.6) is 0 Å².